The Morgan fingerprint density at radius 2 is 1.12 bits per heavy atom. The van der Waals surface area contributed by atoms with Crippen LogP contribution in [0.4, 0.5) is 11.4 Å². The summed E-state index contributed by atoms with van der Waals surface area (Å²) in [6, 6.07) is 26.8. The number of fused-ring (bicyclic) bond motifs is 2. The van der Waals surface area contributed by atoms with Gasteiger partial charge in [0, 0.05) is 57.4 Å². The van der Waals surface area contributed by atoms with E-state index in [1.807, 2.05) is 12.1 Å². The first-order valence-corrected chi connectivity index (χ1v) is 16.1. The van der Waals surface area contributed by atoms with Crippen LogP contribution in [0.1, 0.15) is 0 Å². The van der Waals surface area contributed by atoms with Gasteiger partial charge in [0.2, 0.25) is 0 Å². The Labute approximate surface area is 254 Å². The Kier molecular flexibility index (Phi) is 8.76. The van der Waals surface area contributed by atoms with E-state index in [-0.39, 0.29) is 9.79 Å². The summed E-state index contributed by atoms with van der Waals surface area (Å²) >= 11 is 5.85. The largest absolute Gasteiger partial charge is 0.497 e. The van der Waals surface area contributed by atoms with Crippen molar-refractivity contribution in [2.75, 3.05) is 16.6 Å². The van der Waals surface area contributed by atoms with Crippen LogP contribution in [0.25, 0.3) is 21.5 Å². The summed E-state index contributed by atoms with van der Waals surface area (Å²) < 4.78 is 60.2. The fraction of sp³-hybridized carbons (Fsp3) is 0.0323. The molecule has 0 atom stereocenters. The number of halogens is 1. The summed E-state index contributed by atoms with van der Waals surface area (Å²) in [7, 11) is -5.87. The molecule has 0 saturated heterocycles. The standard InChI is InChI=1S/C16H14N2O3S.C15H11ClN2O2S/c1-21-13-5-3-6-14(10-13)22(19,20)18-16-7-2-4-12-11-17-9-8-15(12)16;16-12-4-2-5-13(9-12)21(19,20)18-15-6-1-3-11-10-17-8-7-14(11)15/h2-11,18H,1H3;1-10,18H. The van der Waals surface area contributed by atoms with Crippen LogP contribution in [-0.4, -0.2) is 33.9 Å². The monoisotopic (exact) mass is 632 g/mol. The molecular formula is C31H25ClN4O5S2. The highest BCUT2D eigenvalue weighted by Gasteiger charge is 2.17. The average molecular weight is 633 g/mol. The highest BCUT2D eigenvalue weighted by molar-refractivity contribution is 7.93. The Balaban J connectivity index is 0.000000171. The molecule has 0 saturated carbocycles. The van der Waals surface area contributed by atoms with Crippen LogP contribution in [-0.2, 0) is 20.0 Å². The van der Waals surface area contributed by atoms with Gasteiger partial charge in [-0.2, -0.15) is 0 Å². The molecule has 0 unspecified atom stereocenters. The van der Waals surface area contributed by atoms with Crippen LogP contribution in [0.15, 0.2) is 132 Å². The van der Waals surface area contributed by atoms with E-state index in [1.54, 1.807) is 85.5 Å². The number of aromatic nitrogens is 2. The van der Waals surface area contributed by atoms with Crippen molar-refractivity contribution in [3.8, 4) is 5.75 Å². The van der Waals surface area contributed by atoms with Gasteiger partial charge in [-0.05, 0) is 54.6 Å². The van der Waals surface area contributed by atoms with Gasteiger partial charge in [0.25, 0.3) is 20.0 Å². The predicted octanol–water partition coefficient (Wildman–Crippen LogP) is 6.73. The molecule has 4 aromatic carbocycles. The zero-order valence-corrected chi connectivity index (χ0v) is 25.1. The van der Waals surface area contributed by atoms with Crippen molar-refractivity contribution in [1.82, 2.24) is 9.97 Å². The lowest BCUT2D eigenvalue weighted by Gasteiger charge is -2.11. The normalized spacial score (nSPS) is 11.4. The molecule has 0 aliphatic heterocycles. The summed E-state index contributed by atoms with van der Waals surface area (Å²) in [5.41, 5.74) is 1.03. The van der Waals surface area contributed by atoms with Crippen molar-refractivity contribution in [1.29, 1.82) is 0 Å². The van der Waals surface area contributed by atoms with Crippen LogP contribution in [0.5, 0.6) is 5.75 Å². The molecule has 0 spiro atoms. The van der Waals surface area contributed by atoms with Crippen molar-refractivity contribution < 1.29 is 21.6 Å². The summed E-state index contributed by atoms with van der Waals surface area (Å²) in [5, 5.41) is 3.69. The molecule has 12 heteroatoms. The van der Waals surface area contributed by atoms with Gasteiger partial charge in [-0.15, -0.1) is 0 Å². The number of benzene rings is 4. The first-order chi connectivity index (χ1) is 20.7. The van der Waals surface area contributed by atoms with Gasteiger partial charge in [-0.25, -0.2) is 16.8 Å². The molecule has 218 valence electrons. The van der Waals surface area contributed by atoms with E-state index in [0.29, 0.717) is 22.1 Å². The summed E-state index contributed by atoms with van der Waals surface area (Å²) in [6.07, 6.45) is 6.64. The molecule has 6 aromatic rings. The summed E-state index contributed by atoms with van der Waals surface area (Å²) in [5.74, 6) is 0.491. The molecule has 43 heavy (non-hydrogen) atoms. The molecular weight excluding hydrogens is 608 g/mol. The third-order valence-electron chi connectivity index (χ3n) is 6.31. The maximum absolute atomic E-state index is 12.5. The lowest BCUT2D eigenvalue weighted by atomic mass is 10.1. The van der Waals surface area contributed by atoms with Gasteiger partial charge >= 0.3 is 0 Å². The number of anilines is 2. The van der Waals surface area contributed by atoms with Gasteiger partial charge in [0.15, 0.2) is 0 Å². The van der Waals surface area contributed by atoms with Gasteiger partial charge in [-0.1, -0.05) is 48.0 Å². The molecule has 0 radical (unpaired) electrons. The van der Waals surface area contributed by atoms with Crippen LogP contribution in [0, 0.1) is 0 Å². The van der Waals surface area contributed by atoms with E-state index in [2.05, 4.69) is 19.4 Å². The van der Waals surface area contributed by atoms with Gasteiger partial charge in [0.1, 0.15) is 5.75 Å². The first kappa shape index (κ1) is 29.8. The zero-order valence-electron chi connectivity index (χ0n) is 22.7. The van der Waals surface area contributed by atoms with E-state index < -0.39 is 20.0 Å². The quantitative estimate of drug-likeness (QED) is 0.200. The molecule has 0 aliphatic carbocycles. The predicted molar refractivity (Wildman–Crippen MR) is 170 cm³/mol. The third kappa shape index (κ3) is 7.03. The van der Waals surface area contributed by atoms with Crippen LogP contribution >= 0.6 is 11.6 Å². The fourth-order valence-corrected chi connectivity index (χ4v) is 6.73. The Hall–Kier alpha value is -4.71. The lowest BCUT2D eigenvalue weighted by Crippen LogP contribution is -2.13. The number of methoxy groups -OCH3 is 1. The summed E-state index contributed by atoms with van der Waals surface area (Å²) in [6.45, 7) is 0. The van der Waals surface area contributed by atoms with E-state index in [9.17, 15) is 16.8 Å². The van der Waals surface area contributed by atoms with Crippen LogP contribution in [0.2, 0.25) is 5.02 Å². The van der Waals surface area contributed by atoms with Crippen molar-refractivity contribution in [3.63, 3.8) is 0 Å². The third-order valence-corrected chi connectivity index (χ3v) is 9.27. The molecule has 0 bridgehead atoms. The van der Waals surface area contributed by atoms with Gasteiger partial charge in [0.05, 0.1) is 28.3 Å². The second kappa shape index (κ2) is 12.7. The van der Waals surface area contributed by atoms with Crippen LogP contribution in [0.3, 0.4) is 0 Å². The average Bonchev–Trinajstić information content (AvgIpc) is 3.01. The first-order valence-electron chi connectivity index (χ1n) is 12.8. The second-order valence-electron chi connectivity index (χ2n) is 9.15. The molecule has 2 aromatic heterocycles. The molecule has 2 N–H and O–H groups in total. The van der Waals surface area contributed by atoms with E-state index in [4.69, 9.17) is 16.3 Å². The lowest BCUT2D eigenvalue weighted by molar-refractivity contribution is 0.413. The molecule has 6 rings (SSSR count). The molecule has 0 aliphatic rings. The molecule has 0 amide bonds. The number of nitrogens with zero attached hydrogens (tertiary/aromatic N) is 2. The van der Waals surface area contributed by atoms with Gasteiger partial charge < -0.3 is 4.74 Å². The number of nitrogens with one attached hydrogen (secondary N) is 2. The maximum atomic E-state index is 12.5. The fourth-order valence-electron chi connectivity index (χ4n) is 4.23. The zero-order chi connectivity index (χ0) is 30.5. The van der Waals surface area contributed by atoms with E-state index in [1.165, 1.54) is 31.4 Å². The number of pyridine rings is 2. The SMILES string of the molecule is COc1cccc(S(=O)(=O)Nc2cccc3cnccc23)c1.O=S(=O)(Nc1cccc2cnccc12)c1cccc(Cl)c1. The Bertz CT molecular complexity index is 2130. The number of ether oxygens (including phenoxy) is 1. The second-order valence-corrected chi connectivity index (χ2v) is 13.0. The summed E-state index contributed by atoms with van der Waals surface area (Å²) in [4.78, 5) is 8.34. The van der Waals surface area contributed by atoms with E-state index in [0.717, 1.165) is 21.5 Å². The highest BCUT2D eigenvalue weighted by Crippen LogP contribution is 2.27. The minimum absolute atomic E-state index is 0.126. The van der Waals surface area contributed by atoms with E-state index >= 15 is 0 Å². The Morgan fingerprint density at radius 3 is 1.63 bits per heavy atom. The minimum Gasteiger partial charge on any atom is -0.497 e. The van der Waals surface area contributed by atoms with Crippen molar-refractivity contribution in [2.45, 2.75) is 9.79 Å². The number of hydrogen-bond acceptors (Lipinski definition) is 7. The molecule has 0 fully saturated rings. The highest BCUT2D eigenvalue weighted by atomic mass is 35.5. The minimum atomic E-state index is -3.69. The number of sulfonamides is 2. The number of hydrogen-bond donors (Lipinski definition) is 2. The number of rotatable bonds is 7. The Morgan fingerprint density at radius 1 is 0.628 bits per heavy atom. The molecule has 9 nitrogen and oxygen atoms in total. The topological polar surface area (TPSA) is 127 Å². The smallest absolute Gasteiger partial charge is 0.262 e. The van der Waals surface area contributed by atoms with Crippen LogP contribution < -0.4 is 14.2 Å². The maximum Gasteiger partial charge on any atom is 0.262 e. The molecule has 2 heterocycles. The van der Waals surface area contributed by atoms with Crippen molar-refractivity contribution in [2.24, 2.45) is 0 Å². The van der Waals surface area contributed by atoms with Crippen molar-refractivity contribution >= 4 is 64.6 Å². The van der Waals surface area contributed by atoms with Crippen molar-refractivity contribution in [3.05, 3.63) is 127 Å². The van der Waals surface area contributed by atoms with Gasteiger partial charge in [-0.3, -0.25) is 19.4 Å².